The van der Waals surface area contributed by atoms with Gasteiger partial charge in [0.15, 0.2) is 0 Å². The lowest BCUT2D eigenvalue weighted by Crippen LogP contribution is -2.41. The molecule has 1 saturated carbocycles. The number of thiazole rings is 1. The second kappa shape index (κ2) is 10.7. The number of nitrogens with zero attached hydrogens (tertiary/aromatic N) is 1. The van der Waals surface area contributed by atoms with Gasteiger partial charge in [-0.1, -0.05) is 32.8 Å². The number of rotatable bonds is 2. The van der Waals surface area contributed by atoms with Crippen LogP contribution in [0.2, 0.25) is 0 Å². The van der Waals surface area contributed by atoms with E-state index in [9.17, 15) is 19.8 Å². The van der Waals surface area contributed by atoms with Gasteiger partial charge in [0.05, 0.1) is 34.6 Å². The molecule has 6 nitrogen and oxygen atoms in total. The number of aromatic nitrogens is 1. The molecule has 3 rings (SSSR count). The molecule has 1 aliphatic heterocycles. The molecule has 0 amide bonds. The Bertz CT molecular complexity index is 922. The molecule has 2 heterocycles. The van der Waals surface area contributed by atoms with E-state index in [0.29, 0.717) is 6.42 Å². The van der Waals surface area contributed by atoms with E-state index in [2.05, 4.69) is 11.9 Å². The van der Waals surface area contributed by atoms with Gasteiger partial charge in [-0.05, 0) is 57.9 Å². The van der Waals surface area contributed by atoms with Gasteiger partial charge in [-0.15, -0.1) is 11.3 Å². The summed E-state index contributed by atoms with van der Waals surface area (Å²) in [6.45, 7) is 11.4. The van der Waals surface area contributed by atoms with Crippen LogP contribution in [0.1, 0.15) is 90.3 Å². The smallest absolute Gasteiger partial charge is 0.143 e. The van der Waals surface area contributed by atoms with E-state index in [1.165, 1.54) is 0 Å². The van der Waals surface area contributed by atoms with Gasteiger partial charge in [-0.2, -0.15) is 0 Å². The second-order valence-electron chi connectivity index (χ2n) is 11.3. The highest BCUT2D eigenvalue weighted by molar-refractivity contribution is 7.09. The molecule has 2 unspecified atom stereocenters. The molecule has 1 saturated heterocycles. The number of epoxide rings is 1. The van der Waals surface area contributed by atoms with Crippen LogP contribution in [0, 0.1) is 24.2 Å². The number of ketones is 2. The molecule has 2 aliphatic rings. The first-order valence-electron chi connectivity index (χ1n) is 12.5. The minimum Gasteiger partial charge on any atom is -0.392 e. The summed E-state index contributed by atoms with van der Waals surface area (Å²) in [7, 11) is 0. The number of allylic oxidation sites excluding steroid dienone is 1. The fourth-order valence-electron chi connectivity index (χ4n) is 4.93. The molecule has 0 bridgehead atoms. The van der Waals surface area contributed by atoms with Crippen molar-refractivity contribution < 1.29 is 24.5 Å². The predicted molar refractivity (Wildman–Crippen MR) is 135 cm³/mol. The average molecular weight is 492 g/mol. The summed E-state index contributed by atoms with van der Waals surface area (Å²) >= 11 is 1.60. The lowest BCUT2D eigenvalue weighted by molar-refractivity contribution is -0.137. The van der Waals surface area contributed by atoms with Crippen molar-refractivity contribution in [2.24, 2.45) is 17.3 Å². The predicted octanol–water partition coefficient (Wildman–Crippen LogP) is 4.90. The van der Waals surface area contributed by atoms with Crippen molar-refractivity contribution >= 4 is 29.0 Å². The third kappa shape index (κ3) is 6.62. The van der Waals surface area contributed by atoms with Crippen molar-refractivity contribution in [1.29, 1.82) is 0 Å². The van der Waals surface area contributed by atoms with Crippen molar-refractivity contribution in [1.82, 2.24) is 4.98 Å². The minimum absolute atomic E-state index is 0.00661. The van der Waals surface area contributed by atoms with Crippen LogP contribution in [0.3, 0.4) is 0 Å². The summed E-state index contributed by atoms with van der Waals surface area (Å²) in [5, 5.41) is 24.4. The van der Waals surface area contributed by atoms with Crippen LogP contribution in [-0.4, -0.2) is 50.7 Å². The van der Waals surface area contributed by atoms with Gasteiger partial charge in [0, 0.05) is 30.1 Å². The van der Waals surface area contributed by atoms with Crippen LogP contribution in [0.4, 0.5) is 0 Å². The standard InChI is InChI=1S/C27H41NO5S/c1-16-8-7-9-27(6)25(33-27)12-19(17(2)10-20-15-34-18(3)28-20)11-21(29)13-23(31)26(4,5)24(32)14-22(16)30/h10,15-16,19,22-23,25,30-31H,7-9,11-14H2,1-6H3/b17-10+/t16-,19?,22+,23-,25-,27?/m0/s1. The number of hydrogen-bond acceptors (Lipinski definition) is 7. The van der Waals surface area contributed by atoms with Crippen LogP contribution in [0.25, 0.3) is 6.08 Å². The summed E-state index contributed by atoms with van der Waals surface area (Å²) in [6, 6.07) is 0. The maximum atomic E-state index is 13.1. The highest BCUT2D eigenvalue weighted by atomic mass is 32.1. The monoisotopic (exact) mass is 491 g/mol. The van der Waals surface area contributed by atoms with Crippen molar-refractivity contribution in [2.45, 2.75) is 110 Å². The highest BCUT2D eigenvalue weighted by Crippen LogP contribution is 2.46. The number of aliphatic hydroxyl groups is 2. The van der Waals surface area contributed by atoms with Gasteiger partial charge >= 0.3 is 0 Å². The normalized spacial score (nSPS) is 36.2. The molecule has 6 atom stereocenters. The number of hydrogen-bond donors (Lipinski definition) is 2. The Morgan fingerprint density at radius 1 is 1.21 bits per heavy atom. The lowest BCUT2D eigenvalue weighted by Gasteiger charge is -2.31. The Hall–Kier alpha value is -1.41. The zero-order valence-corrected chi connectivity index (χ0v) is 22.3. The third-order valence-corrected chi connectivity index (χ3v) is 8.81. The minimum atomic E-state index is -1.09. The number of aliphatic hydroxyl groups excluding tert-OH is 2. The summed E-state index contributed by atoms with van der Waals surface area (Å²) in [4.78, 5) is 30.5. The Morgan fingerprint density at radius 3 is 2.56 bits per heavy atom. The van der Waals surface area contributed by atoms with Gasteiger partial charge in [-0.3, -0.25) is 9.59 Å². The molecule has 34 heavy (non-hydrogen) atoms. The fraction of sp³-hybridized carbons (Fsp3) is 0.741. The highest BCUT2D eigenvalue weighted by Gasteiger charge is 2.52. The largest absolute Gasteiger partial charge is 0.392 e. The van der Waals surface area contributed by atoms with E-state index in [1.807, 2.05) is 32.2 Å². The van der Waals surface area contributed by atoms with E-state index < -0.39 is 17.6 Å². The first-order chi connectivity index (χ1) is 15.8. The number of ether oxygens (including phenoxy) is 1. The molecular formula is C27H41NO5S. The van der Waals surface area contributed by atoms with Gasteiger partial charge < -0.3 is 14.9 Å². The molecule has 1 aromatic rings. The maximum Gasteiger partial charge on any atom is 0.143 e. The van der Waals surface area contributed by atoms with E-state index in [0.717, 1.165) is 42.0 Å². The Labute approximate surface area is 207 Å². The quantitative estimate of drug-likeness (QED) is 0.571. The van der Waals surface area contributed by atoms with Crippen LogP contribution >= 0.6 is 11.3 Å². The summed E-state index contributed by atoms with van der Waals surface area (Å²) in [5.74, 6) is -0.306. The van der Waals surface area contributed by atoms with Crippen LogP contribution < -0.4 is 0 Å². The topological polar surface area (TPSA) is 100 Å². The first kappa shape index (κ1) is 27.2. The number of Topliss-reactive ketones (excluding diaryl/α,β-unsaturated/α-hetero) is 2. The van der Waals surface area contributed by atoms with Gasteiger partial charge in [0.1, 0.15) is 11.6 Å². The second-order valence-corrected chi connectivity index (χ2v) is 12.3. The Kier molecular flexibility index (Phi) is 8.54. The SMILES string of the molecule is C/C(=C\c1csc(C)n1)C1CC(=O)C[C@H](O)C(C)(C)C(=O)C[C@@H](O)[C@@H](C)CCCC2(C)O[C@H]2C1. The zero-order chi connectivity index (χ0) is 25.3. The molecular weight excluding hydrogens is 450 g/mol. The molecule has 0 aromatic carbocycles. The number of carbonyl (C=O) groups is 2. The van der Waals surface area contributed by atoms with E-state index >= 15 is 0 Å². The maximum absolute atomic E-state index is 13.1. The van der Waals surface area contributed by atoms with Crippen LogP contribution in [0.15, 0.2) is 11.0 Å². The van der Waals surface area contributed by atoms with E-state index in [-0.39, 0.29) is 47.9 Å². The van der Waals surface area contributed by atoms with Crippen molar-refractivity contribution in [3.8, 4) is 0 Å². The number of fused-ring (bicyclic) bond motifs is 1. The number of aryl methyl sites for hydroxylation is 1. The lowest BCUT2D eigenvalue weighted by atomic mass is 9.75. The Morgan fingerprint density at radius 2 is 1.91 bits per heavy atom. The molecule has 190 valence electrons. The average Bonchev–Trinajstić information content (AvgIpc) is 3.18. The molecule has 1 aliphatic carbocycles. The van der Waals surface area contributed by atoms with Gasteiger partial charge in [0.25, 0.3) is 0 Å². The zero-order valence-electron chi connectivity index (χ0n) is 21.5. The van der Waals surface area contributed by atoms with Crippen molar-refractivity contribution in [2.75, 3.05) is 0 Å². The number of carbonyl (C=O) groups excluding carboxylic acids is 2. The van der Waals surface area contributed by atoms with E-state index in [4.69, 9.17) is 4.74 Å². The Balaban J connectivity index is 1.83. The molecule has 0 spiro atoms. The summed E-state index contributed by atoms with van der Waals surface area (Å²) < 4.78 is 6.12. The molecule has 2 fully saturated rings. The van der Waals surface area contributed by atoms with Crippen LogP contribution in [-0.2, 0) is 14.3 Å². The molecule has 0 radical (unpaired) electrons. The first-order valence-corrected chi connectivity index (χ1v) is 13.4. The van der Waals surface area contributed by atoms with Crippen LogP contribution in [0.5, 0.6) is 0 Å². The van der Waals surface area contributed by atoms with Gasteiger partial charge in [0.2, 0.25) is 0 Å². The molecule has 1 aromatic heterocycles. The summed E-state index contributed by atoms with van der Waals surface area (Å²) in [5.41, 5.74) is 0.680. The molecule has 7 heteroatoms. The van der Waals surface area contributed by atoms with Crippen molar-refractivity contribution in [3.05, 3.63) is 21.7 Å². The third-order valence-electron chi connectivity index (χ3n) is 8.02. The molecule has 2 N–H and O–H groups in total. The fourth-order valence-corrected chi connectivity index (χ4v) is 5.50. The summed E-state index contributed by atoms with van der Waals surface area (Å²) in [6.07, 6.45) is 3.85. The van der Waals surface area contributed by atoms with Crippen molar-refractivity contribution in [3.63, 3.8) is 0 Å². The van der Waals surface area contributed by atoms with E-state index in [1.54, 1.807) is 25.2 Å². The van der Waals surface area contributed by atoms with Gasteiger partial charge in [-0.25, -0.2) is 4.98 Å².